The van der Waals surface area contributed by atoms with E-state index in [1.54, 1.807) is 12.1 Å². The van der Waals surface area contributed by atoms with Crippen LogP contribution in [0.1, 0.15) is 6.42 Å². The van der Waals surface area contributed by atoms with Gasteiger partial charge >= 0.3 is 0 Å². The number of hydrogen-bond acceptors (Lipinski definition) is 5. The quantitative estimate of drug-likeness (QED) is 0.683. The lowest BCUT2D eigenvalue weighted by Gasteiger charge is -2.11. The summed E-state index contributed by atoms with van der Waals surface area (Å²) in [5.41, 5.74) is 0. The minimum absolute atomic E-state index is 0.0767. The molecule has 0 bridgehead atoms. The first-order chi connectivity index (χ1) is 9.78. The molecule has 1 aliphatic heterocycles. The van der Waals surface area contributed by atoms with Crippen LogP contribution in [0.5, 0.6) is 0 Å². The summed E-state index contributed by atoms with van der Waals surface area (Å²) >= 11 is 3.25. The molecule has 0 spiro atoms. The Morgan fingerprint density at radius 3 is 2.43 bits per heavy atom. The summed E-state index contributed by atoms with van der Waals surface area (Å²) in [6, 6.07) is 6.28. The summed E-state index contributed by atoms with van der Waals surface area (Å²) < 4.78 is 49.9. The van der Waals surface area contributed by atoms with E-state index in [1.807, 2.05) is 0 Å². The summed E-state index contributed by atoms with van der Waals surface area (Å²) in [5.74, 6) is 0.335. The maximum atomic E-state index is 12.0. The average molecular weight is 397 g/mol. The van der Waals surface area contributed by atoms with Gasteiger partial charge in [0.25, 0.3) is 0 Å². The Balaban J connectivity index is 1.79. The largest absolute Gasteiger partial charge is 0.312 e. The smallest absolute Gasteiger partial charge is 0.240 e. The summed E-state index contributed by atoms with van der Waals surface area (Å²) in [6.07, 6.45) is 0.585. The third kappa shape index (κ3) is 5.03. The van der Waals surface area contributed by atoms with Crippen LogP contribution < -0.4 is 10.0 Å². The monoisotopic (exact) mass is 396 g/mol. The van der Waals surface area contributed by atoms with Crippen molar-refractivity contribution >= 4 is 35.8 Å². The molecule has 0 amide bonds. The number of sulfone groups is 1. The van der Waals surface area contributed by atoms with E-state index in [9.17, 15) is 16.8 Å². The fourth-order valence-corrected chi connectivity index (χ4v) is 5.12. The van der Waals surface area contributed by atoms with Gasteiger partial charge in [-0.05, 0) is 30.7 Å². The maximum Gasteiger partial charge on any atom is 0.240 e. The van der Waals surface area contributed by atoms with Crippen molar-refractivity contribution in [3.05, 3.63) is 28.7 Å². The highest BCUT2D eigenvalue weighted by Crippen LogP contribution is 2.14. The summed E-state index contributed by atoms with van der Waals surface area (Å²) in [7, 11) is -6.44. The lowest BCUT2D eigenvalue weighted by molar-refractivity contribution is 0.542. The molecule has 9 heteroatoms. The van der Waals surface area contributed by atoms with Gasteiger partial charge in [-0.15, -0.1) is 0 Å². The van der Waals surface area contributed by atoms with Crippen molar-refractivity contribution in [3.8, 4) is 0 Å². The normalized spacial score (nSPS) is 21.5. The van der Waals surface area contributed by atoms with Crippen molar-refractivity contribution in [1.29, 1.82) is 0 Å². The van der Waals surface area contributed by atoms with Crippen LogP contribution in [0.25, 0.3) is 0 Å². The van der Waals surface area contributed by atoms with Gasteiger partial charge in [0.15, 0.2) is 9.84 Å². The van der Waals surface area contributed by atoms with Crippen LogP contribution >= 0.6 is 15.9 Å². The Hall–Kier alpha value is -0.480. The van der Waals surface area contributed by atoms with Gasteiger partial charge in [0, 0.05) is 23.6 Å². The van der Waals surface area contributed by atoms with Crippen molar-refractivity contribution in [2.45, 2.75) is 17.4 Å². The van der Waals surface area contributed by atoms with Crippen LogP contribution in [0.3, 0.4) is 0 Å². The summed E-state index contributed by atoms with van der Waals surface area (Å²) in [4.78, 5) is 0.203. The van der Waals surface area contributed by atoms with Gasteiger partial charge in [0.1, 0.15) is 0 Å². The van der Waals surface area contributed by atoms with Crippen molar-refractivity contribution in [2.24, 2.45) is 0 Å². The molecule has 1 aromatic rings. The molecule has 1 atom stereocenters. The minimum atomic E-state index is -3.52. The maximum absolute atomic E-state index is 12.0. The second kappa shape index (κ2) is 6.74. The Bertz CT molecular complexity index is 686. The predicted molar refractivity (Wildman–Crippen MR) is 84.4 cm³/mol. The zero-order valence-corrected chi connectivity index (χ0v) is 14.5. The van der Waals surface area contributed by atoms with Gasteiger partial charge in [0.2, 0.25) is 10.0 Å². The van der Waals surface area contributed by atoms with Gasteiger partial charge in [-0.1, -0.05) is 15.9 Å². The third-order valence-electron chi connectivity index (χ3n) is 3.21. The zero-order chi connectivity index (χ0) is 15.5. The van der Waals surface area contributed by atoms with Gasteiger partial charge in [-0.3, -0.25) is 0 Å². The third-order valence-corrected chi connectivity index (χ3v) is 6.98. The van der Waals surface area contributed by atoms with Gasteiger partial charge in [-0.25, -0.2) is 21.6 Å². The van der Waals surface area contributed by atoms with Crippen molar-refractivity contribution in [3.63, 3.8) is 0 Å². The van der Waals surface area contributed by atoms with Crippen LogP contribution in [0.4, 0.5) is 0 Å². The molecule has 2 rings (SSSR count). The molecular weight excluding hydrogens is 380 g/mol. The number of sulfonamides is 1. The second-order valence-electron chi connectivity index (χ2n) is 4.91. The molecule has 1 saturated heterocycles. The zero-order valence-electron chi connectivity index (χ0n) is 11.2. The van der Waals surface area contributed by atoms with E-state index < -0.39 is 19.9 Å². The van der Waals surface area contributed by atoms with Crippen LogP contribution in [0.15, 0.2) is 33.6 Å². The molecule has 0 saturated carbocycles. The molecule has 2 N–H and O–H groups in total. The van der Waals surface area contributed by atoms with Crippen molar-refractivity contribution in [2.75, 3.05) is 24.6 Å². The molecule has 0 unspecified atom stereocenters. The van der Waals surface area contributed by atoms with Crippen LogP contribution in [0, 0.1) is 0 Å². The van der Waals surface area contributed by atoms with Gasteiger partial charge < -0.3 is 5.32 Å². The van der Waals surface area contributed by atoms with E-state index in [2.05, 4.69) is 26.0 Å². The fraction of sp³-hybridized carbons (Fsp3) is 0.500. The first-order valence-corrected chi connectivity index (χ1v) is 10.6. The molecule has 1 aliphatic rings. The first-order valence-electron chi connectivity index (χ1n) is 6.47. The molecule has 21 heavy (non-hydrogen) atoms. The van der Waals surface area contributed by atoms with Crippen LogP contribution in [-0.2, 0) is 19.9 Å². The average Bonchev–Trinajstić information content (AvgIpc) is 2.75. The topological polar surface area (TPSA) is 92.3 Å². The number of nitrogens with one attached hydrogen (secondary N) is 2. The van der Waals surface area contributed by atoms with E-state index >= 15 is 0 Å². The highest BCUT2D eigenvalue weighted by Gasteiger charge is 2.27. The highest BCUT2D eigenvalue weighted by atomic mass is 79.9. The first kappa shape index (κ1) is 16.9. The van der Waals surface area contributed by atoms with E-state index in [0.717, 1.165) is 4.47 Å². The molecule has 1 aromatic carbocycles. The molecule has 0 aromatic heterocycles. The van der Waals surface area contributed by atoms with Gasteiger partial charge in [-0.2, -0.15) is 0 Å². The summed E-state index contributed by atoms with van der Waals surface area (Å²) in [6.45, 7) is 0.616. The molecule has 0 radical (unpaired) electrons. The Morgan fingerprint density at radius 1 is 1.19 bits per heavy atom. The molecule has 1 heterocycles. The molecule has 1 fully saturated rings. The van der Waals surface area contributed by atoms with E-state index in [0.29, 0.717) is 13.0 Å². The van der Waals surface area contributed by atoms with E-state index in [1.165, 1.54) is 12.1 Å². The fourth-order valence-electron chi connectivity index (χ4n) is 2.11. The second-order valence-corrected chi connectivity index (χ2v) is 9.82. The highest BCUT2D eigenvalue weighted by molar-refractivity contribution is 9.10. The van der Waals surface area contributed by atoms with E-state index in [-0.39, 0.29) is 29.0 Å². The number of rotatable bonds is 6. The number of hydrogen-bond donors (Lipinski definition) is 2. The Morgan fingerprint density at radius 2 is 1.86 bits per heavy atom. The molecule has 0 aliphatic carbocycles. The Kier molecular flexibility index (Phi) is 5.42. The predicted octanol–water partition coefficient (Wildman–Crippen LogP) is 0.504. The molecule has 6 nitrogen and oxygen atoms in total. The summed E-state index contributed by atoms with van der Waals surface area (Å²) in [5, 5.41) is 3.06. The van der Waals surface area contributed by atoms with E-state index in [4.69, 9.17) is 0 Å². The number of halogens is 1. The minimum Gasteiger partial charge on any atom is -0.312 e. The lowest BCUT2D eigenvalue weighted by Crippen LogP contribution is -2.37. The SMILES string of the molecule is O=S1(=O)CC[C@@H](NCCNS(=O)(=O)c2ccc(Br)cc2)C1. The number of benzene rings is 1. The Labute approximate surface area is 133 Å². The van der Waals surface area contributed by atoms with Gasteiger partial charge in [0.05, 0.1) is 16.4 Å². The van der Waals surface area contributed by atoms with Crippen molar-refractivity contribution in [1.82, 2.24) is 10.0 Å². The van der Waals surface area contributed by atoms with Crippen LogP contribution in [0.2, 0.25) is 0 Å². The lowest BCUT2D eigenvalue weighted by atomic mass is 10.3. The van der Waals surface area contributed by atoms with Crippen molar-refractivity contribution < 1.29 is 16.8 Å². The molecular formula is C12H17BrN2O4S2. The molecule has 118 valence electrons. The standard InChI is InChI=1S/C12H17BrN2O4S2/c13-10-1-3-12(4-2-10)21(18,19)15-7-6-14-11-5-8-20(16,17)9-11/h1-4,11,14-15H,5-9H2/t11-/m1/s1. The van der Waals surface area contributed by atoms with Crippen LogP contribution in [-0.4, -0.2) is 47.5 Å².